The minimum Gasteiger partial charge on any atom is -0.388 e. The second-order valence-electron chi connectivity index (χ2n) is 9.97. The van der Waals surface area contributed by atoms with Gasteiger partial charge in [-0.05, 0) is 41.9 Å². The van der Waals surface area contributed by atoms with E-state index in [0.717, 1.165) is 23.3 Å². The summed E-state index contributed by atoms with van der Waals surface area (Å²) < 4.78 is 0. The van der Waals surface area contributed by atoms with Gasteiger partial charge in [-0.15, -0.1) is 0 Å². The van der Waals surface area contributed by atoms with Crippen molar-refractivity contribution in [2.75, 3.05) is 0 Å². The molecule has 0 spiro atoms. The van der Waals surface area contributed by atoms with E-state index in [4.69, 9.17) is 0 Å². The molecule has 0 saturated heterocycles. The highest BCUT2D eigenvalue weighted by Gasteiger charge is 2.48. The van der Waals surface area contributed by atoms with Gasteiger partial charge in [0.1, 0.15) is 0 Å². The van der Waals surface area contributed by atoms with Crippen LogP contribution < -0.4 is 0 Å². The van der Waals surface area contributed by atoms with Crippen LogP contribution in [0.15, 0.2) is 35.4 Å². The highest BCUT2D eigenvalue weighted by molar-refractivity contribution is 5.94. The van der Waals surface area contributed by atoms with E-state index in [1.807, 2.05) is 19.1 Å². The van der Waals surface area contributed by atoms with E-state index in [2.05, 4.69) is 65.6 Å². The van der Waals surface area contributed by atoms with Crippen LogP contribution in [0.3, 0.4) is 0 Å². The van der Waals surface area contributed by atoms with Gasteiger partial charge in [-0.2, -0.15) is 0 Å². The average molecular weight is 372 g/mol. The van der Waals surface area contributed by atoms with Crippen LogP contribution >= 0.6 is 0 Å². The first-order valence-electron chi connectivity index (χ1n) is 10.1. The molecule has 0 amide bonds. The number of aliphatic hydroxyl groups is 1. The number of carbonyl (C=O) groups excluding carboxylic acids is 1. The van der Waals surface area contributed by atoms with Gasteiger partial charge in [-0.25, -0.2) is 0 Å². The minimum atomic E-state index is -0.516. The highest BCUT2D eigenvalue weighted by atomic mass is 16.3. The van der Waals surface area contributed by atoms with Crippen LogP contribution in [0.25, 0.3) is 0 Å². The van der Waals surface area contributed by atoms with Crippen molar-refractivity contribution in [1.82, 2.24) is 4.98 Å². The Hall–Kier alpha value is -1.61. The number of aromatic nitrogens is 1. The predicted octanol–water partition coefficient (Wildman–Crippen LogP) is 6.00. The number of hydrogen-bond donors (Lipinski definition) is 2. The van der Waals surface area contributed by atoms with E-state index in [1.54, 1.807) is 0 Å². The smallest absolute Gasteiger partial charge is 0.179 e. The summed E-state index contributed by atoms with van der Waals surface area (Å²) >= 11 is 0. The summed E-state index contributed by atoms with van der Waals surface area (Å²) in [5, 5.41) is 11.3. The molecule has 3 nitrogen and oxygen atoms in total. The number of Topliss-reactive ketones (excluding diaryl/α,β-unsaturated/α-hetero) is 1. The molecular weight excluding hydrogens is 334 g/mol. The average Bonchev–Trinajstić information content (AvgIpc) is 3.00. The molecule has 0 aromatic carbocycles. The molecule has 0 bridgehead atoms. The van der Waals surface area contributed by atoms with Gasteiger partial charge in [0.25, 0.3) is 0 Å². The van der Waals surface area contributed by atoms with E-state index in [0.29, 0.717) is 18.5 Å². The largest absolute Gasteiger partial charge is 0.388 e. The quantitative estimate of drug-likeness (QED) is 0.602. The first-order chi connectivity index (χ1) is 12.3. The van der Waals surface area contributed by atoms with E-state index in [9.17, 15) is 9.90 Å². The van der Waals surface area contributed by atoms with Gasteiger partial charge in [0.2, 0.25) is 0 Å². The van der Waals surface area contributed by atoms with E-state index >= 15 is 0 Å². The Bertz CT molecular complexity index is 758. The number of carbonyl (C=O) groups is 1. The molecule has 1 aromatic heterocycles. The van der Waals surface area contributed by atoms with Crippen LogP contribution in [0.4, 0.5) is 0 Å². The maximum Gasteiger partial charge on any atom is 0.179 e. The molecule has 150 valence electrons. The van der Waals surface area contributed by atoms with Gasteiger partial charge in [-0.3, -0.25) is 4.79 Å². The van der Waals surface area contributed by atoms with Crippen LogP contribution in [-0.2, 0) is 0 Å². The molecule has 0 radical (unpaired) electrons. The zero-order chi connectivity index (χ0) is 20.6. The van der Waals surface area contributed by atoms with E-state index in [1.165, 1.54) is 0 Å². The number of aliphatic hydroxyl groups excluding tert-OH is 1. The number of ketones is 1. The van der Waals surface area contributed by atoms with Crippen molar-refractivity contribution >= 4 is 5.78 Å². The van der Waals surface area contributed by atoms with Crippen molar-refractivity contribution in [2.45, 2.75) is 80.8 Å². The molecule has 3 heteroatoms. The van der Waals surface area contributed by atoms with Gasteiger partial charge in [0.15, 0.2) is 5.78 Å². The monoisotopic (exact) mass is 371 g/mol. The fourth-order valence-electron chi connectivity index (χ4n) is 3.88. The zero-order valence-corrected chi connectivity index (χ0v) is 18.4. The standard InChI is InChI=1S/C24H37NO2/c1-9-23(6,7)24(8)15-17(14-18(21(24)27)22(3,4)5)11-13-20(26)19-12-10-16(2)25-19/h10,12,14-15,21,25,27H,9,11,13H2,1-8H3. The number of allylic oxidation sites excluding steroid dienone is 2. The molecule has 2 unspecified atom stereocenters. The molecular formula is C24H37NO2. The molecule has 1 aliphatic carbocycles. The Kier molecular flexibility index (Phi) is 5.96. The van der Waals surface area contributed by atoms with Crippen molar-refractivity contribution in [3.05, 3.63) is 46.8 Å². The van der Waals surface area contributed by atoms with Crippen LogP contribution in [-0.4, -0.2) is 22.0 Å². The Balaban J connectivity index is 2.34. The normalized spacial score (nSPS) is 23.8. The summed E-state index contributed by atoms with van der Waals surface area (Å²) in [7, 11) is 0. The predicted molar refractivity (Wildman–Crippen MR) is 113 cm³/mol. The first-order valence-corrected chi connectivity index (χ1v) is 10.1. The lowest BCUT2D eigenvalue weighted by molar-refractivity contribution is -0.00523. The summed E-state index contributed by atoms with van der Waals surface area (Å²) in [4.78, 5) is 15.7. The molecule has 0 fully saturated rings. The lowest BCUT2D eigenvalue weighted by Gasteiger charge is -2.50. The second-order valence-corrected chi connectivity index (χ2v) is 9.97. The van der Waals surface area contributed by atoms with Crippen molar-refractivity contribution in [3.63, 3.8) is 0 Å². The van der Waals surface area contributed by atoms with Gasteiger partial charge in [0, 0.05) is 17.5 Å². The minimum absolute atomic E-state index is 0.0526. The first kappa shape index (κ1) is 21.7. The molecule has 1 aromatic rings. The molecule has 0 aliphatic heterocycles. The molecule has 1 aliphatic rings. The lowest BCUT2D eigenvalue weighted by atomic mass is 9.56. The second kappa shape index (κ2) is 7.43. The fraction of sp³-hybridized carbons (Fsp3) is 0.625. The van der Waals surface area contributed by atoms with Crippen LogP contribution in [0.2, 0.25) is 0 Å². The number of hydrogen-bond acceptors (Lipinski definition) is 2. The topological polar surface area (TPSA) is 53.1 Å². The van der Waals surface area contributed by atoms with Gasteiger partial charge in [0.05, 0.1) is 11.8 Å². The van der Waals surface area contributed by atoms with Crippen molar-refractivity contribution in [1.29, 1.82) is 0 Å². The SMILES string of the molecule is CCC(C)(C)C1(C)C=C(CCC(=O)c2ccc(C)[nH]2)C=C(C(C)(C)C)C1O. The third-order valence-electron chi connectivity index (χ3n) is 6.67. The number of aromatic amines is 1. The third-order valence-corrected chi connectivity index (χ3v) is 6.67. The zero-order valence-electron chi connectivity index (χ0n) is 18.4. The van der Waals surface area contributed by atoms with Crippen molar-refractivity contribution in [2.24, 2.45) is 16.2 Å². The maximum absolute atomic E-state index is 12.5. The summed E-state index contributed by atoms with van der Waals surface area (Å²) in [6, 6.07) is 3.79. The summed E-state index contributed by atoms with van der Waals surface area (Å²) in [5.41, 5.74) is 3.37. The van der Waals surface area contributed by atoms with E-state index in [-0.39, 0.29) is 22.0 Å². The van der Waals surface area contributed by atoms with Gasteiger partial charge in [-0.1, -0.05) is 72.6 Å². The molecule has 2 atom stereocenters. The molecule has 2 rings (SSSR count). The third kappa shape index (κ3) is 4.29. The molecule has 2 N–H and O–H groups in total. The summed E-state index contributed by atoms with van der Waals surface area (Å²) in [5.74, 6) is 0.136. The Morgan fingerprint density at radius 3 is 2.33 bits per heavy atom. The van der Waals surface area contributed by atoms with Gasteiger partial charge < -0.3 is 10.1 Å². The number of H-pyrrole nitrogens is 1. The van der Waals surface area contributed by atoms with Crippen molar-refractivity contribution < 1.29 is 9.90 Å². The Morgan fingerprint density at radius 2 is 1.85 bits per heavy atom. The number of aryl methyl sites for hydroxylation is 1. The Labute approximate surface area is 165 Å². The van der Waals surface area contributed by atoms with Crippen LogP contribution in [0, 0.1) is 23.2 Å². The highest BCUT2D eigenvalue weighted by Crippen LogP contribution is 2.52. The fourth-order valence-corrected chi connectivity index (χ4v) is 3.88. The summed E-state index contributed by atoms with van der Waals surface area (Å²) in [6.07, 6.45) is 5.98. The molecule has 0 saturated carbocycles. The van der Waals surface area contributed by atoms with Crippen LogP contribution in [0.1, 0.15) is 83.9 Å². The maximum atomic E-state index is 12.5. The van der Waals surface area contributed by atoms with E-state index < -0.39 is 6.10 Å². The molecule has 27 heavy (non-hydrogen) atoms. The van der Waals surface area contributed by atoms with Gasteiger partial charge >= 0.3 is 0 Å². The van der Waals surface area contributed by atoms with Crippen LogP contribution in [0.5, 0.6) is 0 Å². The summed E-state index contributed by atoms with van der Waals surface area (Å²) in [6.45, 7) is 17.2. The lowest BCUT2D eigenvalue weighted by Crippen LogP contribution is -2.47. The Morgan fingerprint density at radius 1 is 1.22 bits per heavy atom. The number of nitrogens with one attached hydrogen (secondary N) is 1. The number of rotatable bonds is 6. The molecule has 1 heterocycles. The van der Waals surface area contributed by atoms with Crippen molar-refractivity contribution in [3.8, 4) is 0 Å².